The minimum absolute atomic E-state index is 0.141. The largest absolute Gasteiger partial charge is 0.497 e. The van der Waals surface area contributed by atoms with Gasteiger partial charge in [-0.2, -0.15) is 0 Å². The fourth-order valence-corrected chi connectivity index (χ4v) is 4.26. The second kappa shape index (κ2) is 18.4. The molecule has 3 aromatic rings. The molecule has 0 saturated carbocycles. The lowest BCUT2D eigenvalue weighted by Crippen LogP contribution is -2.34. The predicted octanol–water partition coefficient (Wildman–Crippen LogP) is 4.46. The summed E-state index contributed by atoms with van der Waals surface area (Å²) in [6.45, 7) is 4.39. The normalized spacial score (nSPS) is 11.5. The van der Waals surface area contributed by atoms with E-state index in [1.54, 1.807) is 14.2 Å². The minimum Gasteiger partial charge on any atom is -0.497 e. The topological polar surface area (TPSA) is 84.8 Å². The number of methoxy groups -OCH3 is 2. The number of aliphatic hydroxyl groups is 1. The van der Waals surface area contributed by atoms with Crippen LogP contribution < -0.4 is 9.47 Å². The Balaban J connectivity index is 1.56. The molecule has 0 aliphatic rings. The summed E-state index contributed by atoms with van der Waals surface area (Å²) in [5.74, 6) is 1.56. The Morgan fingerprint density at radius 2 is 0.900 bits per heavy atom. The van der Waals surface area contributed by atoms with E-state index < -0.39 is 5.60 Å². The first kappa shape index (κ1) is 31.5. The van der Waals surface area contributed by atoms with Crippen molar-refractivity contribution in [2.45, 2.75) is 12.0 Å². The van der Waals surface area contributed by atoms with Gasteiger partial charge in [0.1, 0.15) is 17.1 Å². The van der Waals surface area contributed by atoms with Crippen molar-refractivity contribution < 1.29 is 38.3 Å². The summed E-state index contributed by atoms with van der Waals surface area (Å²) < 4.78 is 39.7. The monoisotopic (exact) mass is 554 g/mol. The summed E-state index contributed by atoms with van der Waals surface area (Å²) in [5, 5.41) is 8.71. The van der Waals surface area contributed by atoms with E-state index in [9.17, 15) is 0 Å². The Morgan fingerprint density at radius 1 is 0.500 bits per heavy atom. The van der Waals surface area contributed by atoms with Gasteiger partial charge in [-0.05, 0) is 47.4 Å². The predicted molar refractivity (Wildman–Crippen MR) is 153 cm³/mol. The van der Waals surface area contributed by atoms with E-state index in [0.29, 0.717) is 65.9 Å². The van der Waals surface area contributed by atoms with Crippen LogP contribution >= 0.6 is 0 Å². The summed E-state index contributed by atoms with van der Waals surface area (Å²) in [7, 11) is 3.32. The quantitative estimate of drug-likeness (QED) is 0.153. The zero-order chi connectivity index (χ0) is 28.3. The summed E-state index contributed by atoms with van der Waals surface area (Å²) in [6, 6.07) is 26.1. The van der Waals surface area contributed by atoms with Crippen LogP contribution in [0.25, 0.3) is 0 Å². The molecule has 0 spiro atoms. The molecule has 8 heteroatoms. The second-order valence-corrected chi connectivity index (χ2v) is 8.88. The molecule has 0 aliphatic carbocycles. The van der Waals surface area contributed by atoms with Gasteiger partial charge in [0.15, 0.2) is 0 Å². The molecule has 3 aromatic carbocycles. The third-order valence-electron chi connectivity index (χ3n) is 6.28. The Labute approximate surface area is 237 Å². The zero-order valence-corrected chi connectivity index (χ0v) is 23.6. The second-order valence-electron chi connectivity index (χ2n) is 8.88. The fraction of sp³-hybridized carbons (Fsp3) is 0.438. The van der Waals surface area contributed by atoms with Crippen molar-refractivity contribution >= 4 is 0 Å². The Kier molecular flexibility index (Phi) is 14.5. The van der Waals surface area contributed by atoms with Crippen LogP contribution in [0, 0.1) is 0 Å². The molecule has 0 fully saturated rings. The van der Waals surface area contributed by atoms with Crippen LogP contribution in [-0.2, 0) is 29.3 Å². The van der Waals surface area contributed by atoms with Crippen molar-refractivity contribution in [3.8, 4) is 11.5 Å². The highest BCUT2D eigenvalue weighted by Gasteiger charge is 2.37. The Hall–Kier alpha value is -2.98. The molecule has 218 valence electrons. The standard InChI is InChI=1S/C32H42O8/c1-34-30-13-9-28(10-14-30)32(27-7-4-3-5-8-27,29-11-15-31(35-2)16-12-29)40-26-25-39-24-23-38-22-21-37-20-19-36-18-6-17-33/h3-5,7-16,33H,6,17-26H2,1-2H3. The maximum atomic E-state index is 8.71. The van der Waals surface area contributed by atoms with E-state index in [1.807, 2.05) is 66.7 Å². The summed E-state index contributed by atoms with van der Waals surface area (Å²) in [5.41, 5.74) is 2.10. The molecule has 0 atom stereocenters. The van der Waals surface area contributed by atoms with Gasteiger partial charge in [0.2, 0.25) is 0 Å². The first-order chi connectivity index (χ1) is 19.7. The number of hydrogen-bond donors (Lipinski definition) is 1. The lowest BCUT2D eigenvalue weighted by molar-refractivity contribution is -0.0385. The van der Waals surface area contributed by atoms with E-state index in [4.69, 9.17) is 38.3 Å². The number of rotatable bonds is 21. The van der Waals surface area contributed by atoms with Crippen LogP contribution in [0.1, 0.15) is 23.1 Å². The molecule has 0 amide bonds. The lowest BCUT2D eigenvalue weighted by atomic mass is 9.80. The zero-order valence-electron chi connectivity index (χ0n) is 23.6. The first-order valence-corrected chi connectivity index (χ1v) is 13.6. The van der Waals surface area contributed by atoms with Gasteiger partial charge in [-0.25, -0.2) is 0 Å². The van der Waals surface area contributed by atoms with E-state index in [-0.39, 0.29) is 6.61 Å². The van der Waals surface area contributed by atoms with Gasteiger partial charge in [0, 0.05) is 13.2 Å². The van der Waals surface area contributed by atoms with Crippen LogP contribution in [0.5, 0.6) is 11.5 Å². The van der Waals surface area contributed by atoms with E-state index in [1.165, 1.54) is 0 Å². The average Bonchev–Trinajstić information content (AvgIpc) is 3.02. The lowest BCUT2D eigenvalue weighted by Gasteiger charge is -2.36. The molecule has 0 aliphatic heterocycles. The molecule has 8 nitrogen and oxygen atoms in total. The molecular formula is C32H42O8. The van der Waals surface area contributed by atoms with Crippen LogP contribution in [-0.4, -0.2) is 85.4 Å². The first-order valence-electron chi connectivity index (χ1n) is 13.6. The van der Waals surface area contributed by atoms with Crippen LogP contribution in [0.4, 0.5) is 0 Å². The summed E-state index contributed by atoms with van der Waals surface area (Å²) >= 11 is 0. The third-order valence-corrected chi connectivity index (χ3v) is 6.28. The van der Waals surface area contributed by atoms with E-state index in [0.717, 1.165) is 28.2 Å². The molecule has 3 rings (SSSR count). The van der Waals surface area contributed by atoms with E-state index >= 15 is 0 Å². The highest BCUT2D eigenvalue weighted by Crippen LogP contribution is 2.41. The molecule has 0 saturated heterocycles. The Morgan fingerprint density at radius 3 is 1.32 bits per heavy atom. The van der Waals surface area contributed by atoms with Crippen LogP contribution in [0.15, 0.2) is 78.9 Å². The minimum atomic E-state index is -0.862. The molecule has 0 bridgehead atoms. The number of ether oxygens (including phenoxy) is 7. The number of hydrogen-bond acceptors (Lipinski definition) is 8. The van der Waals surface area contributed by atoms with E-state index in [2.05, 4.69) is 12.1 Å². The molecule has 0 unspecified atom stereocenters. The number of aliphatic hydroxyl groups excluding tert-OH is 1. The van der Waals surface area contributed by atoms with Crippen molar-refractivity contribution in [1.82, 2.24) is 0 Å². The van der Waals surface area contributed by atoms with Gasteiger partial charge in [-0.15, -0.1) is 0 Å². The maximum absolute atomic E-state index is 8.71. The summed E-state index contributed by atoms with van der Waals surface area (Å²) in [4.78, 5) is 0. The van der Waals surface area contributed by atoms with Crippen molar-refractivity contribution in [2.75, 3.05) is 80.3 Å². The van der Waals surface area contributed by atoms with Crippen molar-refractivity contribution in [3.63, 3.8) is 0 Å². The molecule has 0 aromatic heterocycles. The van der Waals surface area contributed by atoms with Gasteiger partial charge >= 0.3 is 0 Å². The van der Waals surface area contributed by atoms with Gasteiger partial charge in [-0.1, -0.05) is 54.6 Å². The van der Waals surface area contributed by atoms with Gasteiger partial charge in [-0.3, -0.25) is 0 Å². The van der Waals surface area contributed by atoms with Crippen molar-refractivity contribution in [2.24, 2.45) is 0 Å². The van der Waals surface area contributed by atoms with Crippen molar-refractivity contribution in [1.29, 1.82) is 0 Å². The summed E-state index contributed by atoms with van der Waals surface area (Å²) in [6.07, 6.45) is 0.643. The molecule has 0 heterocycles. The SMILES string of the molecule is COc1ccc(C(OCCOCCOCCOCCOCCCO)(c2ccccc2)c2ccc(OC)cc2)cc1. The van der Waals surface area contributed by atoms with Crippen molar-refractivity contribution in [3.05, 3.63) is 95.6 Å². The van der Waals surface area contributed by atoms with Gasteiger partial charge in [0.25, 0.3) is 0 Å². The maximum Gasteiger partial charge on any atom is 0.143 e. The molecular weight excluding hydrogens is 512 g/mol. The highest BCUT2D eigenvalue weighted by atomic mass is 16.6. The Bertz CT molecular complexity index is 993. The third kappa shape index (κ3) is 9.59. The van der Waals surface area contributed by atoms with Gasteiger partial charge < -0.3 is 38.3 Å². The molecule has 1 N–H and O–H groups in total. The van der Waals surface area contributed by atoms with Crippen LogP contribution in [0.2, 0.25) is 0 Å². The molecule has 40 heavy (non-hydrogen) atoms. The van der Waals surface area contributed by atoms with Crippen LogP contribution in [0.3, 0.4) is 0 Å². The molecule has 0 radical (unpaired) electrons. The smallest absolute Gasteiger partial charge is 0.143 e. The fourth-order valence-electron chi connectivity index (χ4n) is 4.26. The van der Waals surface area contributed by atoms with Gasteiger partial charge in [0.05, 0.1) is 67.1 Å². The number of benzene rings is 3. The average molecular weight is 555 g/mol. The highest BCUT2D eigenvalue weighted by molar-refractivity contribution is 5.49.